The van der Waals surface area contributed by atoms with Gasteiger partial charge in [-0.25, -0.2) is 0 Å². The number of thioether (sulfide) groups is 1. The van der Waals surface area contributed by atoms with E-state index in [1.807, 2.05) is 11.8 Å². The maximum absolute atomic E-state index is 3.71. The molecule has 1 saturated heterocycles. The zero-order valence-electron chi connectivity index (χ0n) is 12.3. The lowest BCUT2D eigenvalue weighted by atomic mass is 10.0. The molecule has 1 heterocycles. The highest BCUT2D eigenvalue weighted by atomic mass is 32.2. The molecule has 0 bridgehead atoms. The first-order chi connectivity index (χ1) is 8.02. The molecule has 2 unspecified atom stereocenters. The molecule has 0 radical (unpaired) electrons. The van der Waals surface area contributed by atoms with Crippen LogP contribution in [0.5, 0.6) is 0 Å². The van der Waals surface area contributed by atoms with E-state index in [2.05, 4.69) is 44.2 Å². The van der Waals surface area contributed by atoms with Gasteiger partial charge < -0.3 is 5.32 Å². The van der Waals surface area contributed by atoms with Crippen molar-refractivity contribution in [2.45, 2.75) is 63.8 Å². The normalized spacial score (nSPS) is 27.4. The minimum Gasteiger partial charge on any atom is -0.311 e. The Kier molecular flexibility index (Phi) is 6.32. The van der Waals surface area contributed by atoms with Gasteiger partial charge in [0.1, 0.15) is 0 Å². The molecular formula is C14H30N2S. The number of rotatable bonds is 6. The minimum absolute atomic E-state index is 0.377. The Bertz CT molecular complexity index is 218. The molecule has 17 heavy (non-hydrogen) atoms. The lowest BCUT2D eigenvalue weighted by Crippen LogP contribution is -2.58. The topological polar surface area (TPSA) is 15.3 Å². The van der Waals surface area contributed by atoms with Crippen molar-refractivity contribution in [1.29, 1.82) is 0 Å². The fourth-order valence-corrected chi connectivity index (χ4v) is 2.92. The van der Waals surface area contributed by atoms with Gasteiger partial charge in [-0.2, -0.15) is 11.8 Å². The lowest BCUT2D eigenvalue weighted by molar-refractivity contribution is 0.115. The van der Waals surface area contributed by atoms with E-state index in [1.165, 1.54) is 38.9 Å². The summed E-state index contributed by atoms with van der Waals surface area (Å²) in [5.41, 5.74) is 0. The molecule has 1 rings (SSSR count). The Morgan fingerprint density at radius 3 is 2.59 bits per heavy atom. The molecule has 2 nitrogen and oxygen atoms in total. The summed E-state index contributed by atoms with van der Waals surface area (Å²) < 4.78 is 0.377. The van der Waals surface area contributed by atoms with Gasteiger partial charge in [0.2, 0.25) is 0 Å². The van der Waals surface area contributed by atoms with Crippen LogP contribution in [0.15, 0.2) is 0 Å². The molecule has 3 heteroatoms. The van der Waals surface area contributed by atoms with Crippen LogP contribution in [-0.2, 0) is 0 Å². The van der Waals surface area contributed by atoms with Gasteiger partial charge in [0.15, 0.2) is 0 Å². The standard InChI is InChI=1S/C14H30N2S/c1-6-8-12-10-16(11-14(3,4)17-5)13(7-2)9-15-12/h12-13,15H,6-11H2,1-5H3. The van der Waals surface area contributed by atoms with Crippen molar-refractivity contribution in [3.05, 3.63) is 0 Å². The van der Waals surface area contributed by atoms with Crippen LogP contribution in [0.4, 0.5) is 0 Å². The first-order valence-corrected chi connectivity index (χ1v) is 8.27. The Labute approximate surface area is 112 Å². The summed E-state index contributed by atoms with van der Waals surface area (Å²) >= 11 is 1.99. The van der Waals surface area contributed by atoms with Crippen LogP contribution in [0.1, 0.15) is 47.0 Å². The summed E-state index contributed by atoms with van der Waals surface area (Å²) in [5, 5.41) is 3.71. The molecule has 102 valence electrons. The van der Waals surface area contributed by atoms with E-state index in [0.29, 0.717) is 10.8 Å². The SMILES string of the molecule is CCCC1CN(CC(C)(C)SC)C(CC)CN1. The molecule has 1 fully saturated rings. The molecule has 0 amide bonds. The fourth-order valence-electron chi connectivity index (χ4n) is 2.62. The molecule has 1 N–H and O–H groups in total. The zero-order chi connectivity index (χ0) is 12.9. The summed E-state index contributed by atoms with van der Waals surface area (Å²) in [6.45, 7) is 12.9. The Morgan fingerprint density at radius 1 is 1.35 bits per heavy atom. The smallest absolute Gasteiger partial charge is 0.0228 e. The lowest BCUT2D eigenvalue weighted by Gasteiger charge is -2.43. The van der Waals surface area contributed by atoms with Crippen molar-refractivity contribution in [3.63, 3.8) is 0 Å². The third-order valence-electron chi connectivity index (χ3n) is 3.86. The summed E-state index contributed by atoms with van der Waals surface area (Å²) in [6.07, 6.45) is 6.09. The number of hydrogen-bond acceptors (Lipinski definition) is 3. The first kappa shape index (κ1) is 15.3. The first-order valence-electron chi connectivity index (χ1n) is 7.05. The van der Waals surface area contributed by atoms with Crippen LogP contribution in [-0.4, -0.2) is 47.6 Å². The van der Waals surface area contributed by atoms with Gasteiger partial charge in [-0.05, 0) is 32.9 Å². The van der Waals surface area contributed by atoms with Crippen molar-refractivity contribution in [2.24, 2.45) is 0 Å². The second kappa shape index (κ2) is 7.01. The number of hydrogen-bond donors (Lipinski definition) is 1. The number of nitrogens with one attached hydrogen (secondary N) is 1. The highest BCUT2D eigenvalue weighted by molar-refractivity contribution is 7.99. The monoisotopic (exact) mass is 258 g/mol. The van der Waals surface area contributed by atoms with Crippen molar-refractivity contribution < 1.29 is 0 Å². The fraction of sp³-hybridized carbons (Fsp3) is 1.00. The molecule has 0 aliphatic carbocycles. The van der Waals surface area contributed by atoms with E-state index in [9.17, 15) is 0 Å². The Balaban J connectivity index is 2.57. The second-order valence-electron chi connectivity index (χ2n) is 5.85. The molecule has 0 aromatic carbocycles. The van der Waals surface area contributed by atoms with Crippen LogP contribution < -0.4 is 5.32 Å². The predicted molar refractivity (Wildman–Crippen MR) is 79.9 cm³/mol. The van der Waals surface area contributed by atoms with Crippen LogP contribution >= 0.6 is 11.8 Å². The average molecular weight is 258 g/mol. The summed E-state index contributed by atoms with van der Waals surface area (Å²) in [5.74, 6) is 0. The third kappa shape index (κ3) is 4.80. The molecule has 0 spiro atoms. The Hall–Kier alpha value is 0.270. The molecule has 0 aromatic heterocycles. The Morgan fingerprint density at radius 2 is 2.06 bits per heavy atom. The van der Waals surface area contributed by atoms with Gasteiger partial charge >= 0.3 is 0 Å². The van der Waals surface area contributed by atoms with Crippen LogP contribution in [0.25, 0.3) is 0 Å². The van der Waals surface area contributed by atoms with Crippen molar-refractivity contribution >= 4 is 11.8 Å². The molecule has 1 aliphatic rings. The maximum Gasteiger partial charge on any atom is 0.0228 e. The van der Waals surface area contributed by atoms with Gasteiger partial charge in [0, 0.05) is 36.5 Å². The van der Waals surface area contributed by atoms with Gasteiger partial charge in [-0.3, -0.25) is 4.90 Å². The summed E-state index contributed by atoms with van der Waals surface area (Å²) in [6, 6.07) is 1.44. The number of piperazine rings is 1. The van der Waals surface area contributed by atoms with E-state index in [4.69, 9.17) is 0 Å². The van der Waals surface area contributed by atoms with Crippen molar-refractivity contribution in [2.75, 3.05) is 25.9 Å². The van der Waals surface area contributed by atoms with Crippen LogP contribution in [0.3, 0.4) is 0 Å². The molecule has 0 aromatic rings. The van der Waals surface area contributed by atoms with E-state index in [0.717, 1.165) is 6.04 Å². The summed E-state index contributed by atoms with van der Waals surface area (Å²) in [7, 11) is 0. The quantitative estimate of drug-likeness (QED) is 0.788. The van der Waals surface area contributed by atoms with Gasteiger partial charge in [-0.15, -0.1) is 0 Å². The molecular weight excluding hydrogens is 228 g/mol. The van der Waals surface area contributed by atoms with E-state index >= 15 is 0 Å². The highest BCUT2D eigenvalue weighted by Crippen LogP contribution is 2.25. The van der Waals surface area contributed by atoms with Gasteiger partial charge in [0.05, 0.1) is 0 Å². The average Bonchev–Trinajstić information content (AvgIpc) is 2.29. The summed E-state index contributed by atoms with van der Waals surface area (Å²) in [4.78, 5) is 2.72. The second-order valence-corrected chi connectivity index (χ2v) is 7.36. The minimum atomic E-state index is 0.377. The van der Waals surface area contributed by atoms with E-state index < -0.39 is 0 Å². The largest absolute Gasteiger partial charge is 0.311 e. The maximum atomic E-state index is 3.71. The van der Waals surface area contributed by atoms with E-state index in [1.54, 1.807) is 0 Å². The third-order valence-corrected chi connectivity index (χ3v) is 5.09. The highest BCUT2D eigenvalue weighted by Gasteiger charge is 2.30. The van der Waals surface area contributed by atoms with Gasteiger partial charge in [-0.1, -0.05) is 20.3 Å². The van der Waals surface area contributed by atoms with Crippen molar-refractivity contribution in [1.82, 2.24) is 10.2 Å². The predicted octanol–water partition coefficient (Wildman–Crippen LogP) is 2.98. The van der Waals surface area contributed by atoms with E-state index in [-0.39, 0.29) is 0 Å². The molecule has 1 aliphatic heterocycles. The van der Waals surface area contributed by atoms with Crippen LogP contribution in [0.2, 0.25) is 0 Å². The molecule has 2 atom stereocenters. The van der Waals surface area contributed by atoms with Gasteiger partial charge in [0.25, 0.3) is 0 Å². The van der Waals surface area contributed by atoms with Crippen LogP contribution in [0, 0.1) is 0 Å². The zero-order valence-corrected chi connectivity index (χ0v) is 13.1. The molecule has 0 saturated carbocycles. The van der Waals surface area contributed by atoms with Crippen molar-refractivity contribution in [3.8, 4) is 0 Å². The number of nitrogens with zero attached hydrogens (tertiary/aromatic N) is 1.